The van der Waals surface area contributed by atoms with Gasteiger partial charge < -0.3 is 19.2 Å². The van der Waals surface area contributed by atoms with Crippen LogP contribution in [0.25, 0.3) is 0 Å². The number of hydrogen-bond acceptors (Lipinski definition) is 6. The number of carbonyl (C=O) groups excluding carboxylic acids is 2. The molecule has 1 N–H and O–H groups in total. The number of ether oxygens (including phenoxy) is 2. The molecule has 9 heteroatoms. The number of furan rings is 1. The lowest BCUT2D eigenvalue weighted by atomic mass is 9.69. The average Bonchev–Trinajstić information content (AvgIpc) is 3.24. The number of benzene rings is 1. The van der Waals surface area contributed by atoms with Gasteiger partial charge in [-0.1, -0.05) is 19.9 Å². The van der Waals surface area contributed by atoms with Crippen molar-refractivity contribution >= 4 is 11.8 Å². The fourth-order valence-corrected chi connectivity index (χ4v) is 4.74. The van der Waals surface area contributed by atoms with E-state index in [1.54, 1.807) is 26.0 Å². The van der Waals surface area contributed by atoms with Crippen molar-refractivity contribution in [3.8, 4) is 5.75 Å². The maximum Gasteiger partial charge on any atom is 0.416 e. The Bertz CT molecular complexity index is 1250. The normalized spacial score (nSPS) is 19.6. The number of halogens is 3. The van der Waals surface area contributed by atoms with Crippen LogP contribution in [0.5, 0.6) is 5.75 Å². The number of alkyl halides is 3. The second-order valence-corrected chi connectivity index (χ2v) is 9.77. The van der Waals surface area contributed by atoms with Crippen LogP contribution in [0.15, 0.2) is 63.4 Å². The number of rotatable bonds is 6. The van der Waals surface area contributed by atoms with E-state index < -0.39 is 23.6 Å². The van der Waals surface area contributed by atoms with E-state index in [2.05, 4.69) is 5.32 Å². The summed E-state index contributed by atoms with van der Waals surface area (Å²) in [6.45, 7) is 7.53. The zero-order valence-electron chi connectivity index (χ0n) is 20.5. The number of dihydropyridines is 1. The van der Waals surface area contributed by atoms with E-state index in [-0.39, 0.29) is 30.2 Å². The highest BCUT2D eigenvalue weighted by molar-refractivity contribution is 6.04. The zero-order valence-corrected chi connectivity index (χ0v) is 20.5. The predicted octanol–water partition coefficient (Wildman–Crippen LogP) is 6.04. The lowest BCUT2D eigenvalue weighted by molar-refractivity contribution is -0.139. The Kier molecular flexibility index (Phi) is 6.77. The molecular formula is C27H28F3NO5. The summed E-state index contributed by atoms with van der Waals surface area (Å²) in [5.74, 6) is -0.635. The molecule has 1 aliphatic heterocycles. The van der Waals surface area contributed by atoms with Crippen LogP contribution in [-0.2, 0) is 27.1 Å². The van der Waals surface area contributed by atoms with Gasteiger partial charge in [0.05, 0.1) is 23.7 Å². The molecule has 1 aromatic carbocycles. The molecule has 2 aromatic rings. The third kappa shape index (κ3) is 5.20. The molecule has 0 amide bonds. The molecule has 1 aliphatic carbocycles. The first-order valence-electron chi connectivity index (χ1n) is 11.7. The van der Waals surface area contributed by atoms with E-state index in [1.165, 1.54) is 12.1 Å². The molecule has 0 saturated heterocycles. The van der Waals surface area contributed by atoms with Crippen LogP contribution < -0.4 is 10.1 Å². The maximum atomic E-state index is 13.3. The summed E-state index contributed by atoms with van der Waals surface area (Å²) in [6.07, 6.45) is -3.53. The summed E-state index contributed by atoms with van der Waals surface area (Å²) >= 11 is 0. The molecule has 4 rings (SSSR count). The molecular weight excluding hydrogens is 475 g/mol. The van der Waals surface area contributed by atoms with Gasteiger partial charge in [0.15, 0.2) is 5.78 Å². The molecule has 0 spiro atoms. The monoisotopic (exact) mass is 503 g/mol. The Hall–Kier alpha value is -3.49. The number of hydrogen-bond donors (Lipinski definition) is 1. The number of allylic oxidation sites excluding steroid dienone is 3. The molecule has 36 heavy (non-hydrogen) atoms. The Morgan fingerprint density at radius 3 is 2.64 bits per heavy atom. The van der Waals surface area contributed by atoms with E-state index >= 15 is 0 Å². The first-order chi connectivity index (χ1) is 16.9. The summed E-state index contributed by atoms with van der Waals surface area (Å²) in [6, 6.07) is 7.86. The van der Waals surface area contributed by atoms with Gasteiger partial charge in [0, 0.05) is 23.4 Å². The molecule has 1 unspecified atom stereocenters. The number of carbonyl (C=O) groups is 2. The first kappa shape index (κ1) is 25.6. The van der Waals surface area contributed by atoms with E-state index in [0.29, 0.717) is 41.2 Å². The second kappa shape index (κ2) is 9.52. The summed E-state index contributed by atoms with van der Waals surface area (Å²) in [7, 11) is 0. The van der Waals surface area contributed by atoms with Crippen molar-refractivity contribution in [2.45, 2.75) is 59.2 Å². The second-order valence-electron chi connectivity index (χ2n) is 9.77. The van der Waals surface area contributed by atoms with Crippen molar-refractivity contribution < 1.29 is 36.7 Å². The minimum absolute atomic E-state index is 0.0438. The third-order valence-corrected chi connectivity index (χ3v) is 6.24. The molecule has 0 bridgehead atoms. The molecule has 6 nitrogen and oxygen atoms in total. The lowest BCUT2D eigenvalue weighted by Crippen LogP contribution is -2.38. The molecule has 0 fully saturated rings. The number of nitrogens with one attached hydrogen (secondary N) is 1. The van der Waals surface area contributed by atoms with Crippen molar-refractivity contribution in [1.29, 1.82) is 0 Å². The van der Waals surface area contributed by atoms with Crippen LogP contribution in [0.3, 0.4) is 0 Å². The van der Waals surface area contributed by atoms with Gasteiger partial charge in [0.25, 0.3) is 0 Å². The SMILES string of the molecule is CCOC(=O)C1=C(C)NC2=C(C(=O)CC(C)(C)C2)C1c1ccc(COc2cccc(C(F)(F)F)c2)o1. The number of esters is 1. The molecule has 0 saturated carbocycles. The van der Waals surface area contributed by atoms with Crippen molar-refractivity contribution in [3.63, 3.8) is 0 Å². The van der Waals surface area contributed by atoms with Gasteiger partial charge in [-0.05, 0) is 56.0 Å². The van der Waals surface area contributed by atoms with E-state index in [9.17, 15) is 22.8 Å². The Balaban J connectivity index is 1.65. The Morgan fingerprint density at radius 2 is 1.94 bits per heavy atom. The van der Waals surface area contributed by atoms with Gasteiger partial charge in [0.2, 0.25) is 0 Å². The van der Waals surface area contributed by atoms with Crippen LogP contribution in [0.1, 0.15) is 63.5 Å². The largest absolute Gasteiger partial charge is 0.486 e. The van der Waals surface area contributed by atoms with Gasteiger partial charge in [0.1, 0.15) is 23.9 Å². The first-order valence-corrected chi connectivity index (χ1v) is 11.7. The minimum Gasteiger partial charge on any atom is -0.486 e. The third-order valence-electron chi connectivity index (χ3n) is 6.24. The maximum absolute atomic E-state index is 13.3. The molecule has 0 radical (unpaired) electrons. The van der Waals surface area contributed by atoms with Crippen LogP contribution in [0, 0.1) is 5.41 Å². The van der Waals surface area contributed by atoms with Crippen LogP contribution in [0.2, 0.25) is 0 Å². The summed E-state index contributed by atoms with van der Waals surface area (Å²) < 4.78 is 55.8. The van der Waals surface area contributed by atoms with Crippen molar-refractivity contribution in [3.05, 3.63) is 76.0 Å². The van der Waals surface area contributed by atoms with Crippen LogP contribution in [0.4, 0.5) is 13.2 Å². The van der Waals surface area contributed by atoms with E-state index in [0.717, 1.165) is 17.8 Å². The molecule has 2 aliphatic rings. The quantitative estimate of drug-likeness (QED) is 0.484. The summed E-state index contributed by atoms with van der Waals surface area (Å²) in [4.78, 5) is 26.2. The fourth-order valence-electron chi connectivity index (χ4n) is 4.74. The van der Waals surface area contributed by atoms with Gasteiger partial charge >= 0.3 is 12.1 Å². The number of ketones is 1. The molecule has 1 aromatic heterocycles. The Morgan fingerprint density at radius 1 is 1.19 bits per heavy atom. The lowest BCUT2D eigenvalue weighted by Gasteiger charge is -2.38. The summed E-state index contributed by atoms with van der Waals surface area (Å²) in [5, 5.41) is 3.24. The topological polar surface area (TPSA) is 77.8 Å². The van der Waals surface area contributed by atoms with Crippen molar-refractivity contribution in [1.82, 2.24) is 5.32 Å². The van der Waals surface area contributed by atoms with E-state index in [4.69, 9.17) is 13.9 Å². The van der Waals surface area contributed by atoms with Gasteiger partial charge in [-0.25, -0.2) is 4.79 Å². The van der Waals surface area contributed by atoms with Crippen molar-refractivity contribution in [2.24, 2.45) is 5.41 Å². The summed E-state index contributed by atoms with van der Waals surface area (Å²) in [5.41, 5.74) is 1.06. The average molecular weight is 504 g/mol. The van der Waals surface area contributed by atoms with Gasteiger partial charge in [-0.2, -0.15) is 13.2 Å². The van der Waals surface area contributed by atoms with Crippen LogP contribution >= 0.6 is 0 Å². The zero-order chi connectivity index (χ0) is 26.3. The highest BCUT2D eigenvalue weighted by Gasteiger charge is 2.44. The van der Waals surface area contributed by atoms with E-state index in [1.807, 2.05) is 13.8 Å². The van der Waals surface area contributed by atoms with Gasteiger partial charge in [-0.3, -0.25) is 4.79 Å². The smallest absolute Gasteiger partial charge is 0.416 e. The molecule has 2 heterocycles. The predicted molar refractivity (Wildman–Crippen MR) is 125 cm³/mol. The highest BCUT2D eigenvalue weighted by Crippen LogP contribution is 2.47. The van der Waals surface area contributed by atoms with Crippen molar-refractivity contribution in [2.75, 3.05) is 6.61 Å². The van der Waals surface area contributed by atoms with Crippen LogP contribution in [-0.4, -0.2) is 18.4 Å². The number of Topliss-reactive ketones (excluding diaryl/α,β-unsaturated/α-hetero) is 1. The standard InChI is InChI=1S/C27H28F3NO5/c1-5-34-25(33)22-15(2)31-19-12-26(3,4)13-20(32)23(19)24(22)21-10-9-18(36-21)14-35-17-8-6-7-16(11-17)27(28,29)30/h6-11,24,31H,5,12-14H2,1-4H3. The Labute approximate surface area is 207 Å². The molecule has 1 atom stereocenters. The fraction of sp³-hybridized carbons (Fsp3) is 0.407. The minimum atomic E-state index is -4.48. The highest BCUT2D eigenvalue weighted by atomic mass is 19.4. The molecule has 192 valence electrons. The van der Waals surface area contributed by atoms with Gasteiger partial charge in [-0.15, -0.1) is 0 Å².